The molecule has 2 heterocycles. The molecular weight excluding hydrogens is 346 g/mol. The third kappa shape index (κ3) is 2.99. The van der Waals surface area contributed by atoms with Crippen molar-refractivity contribution in [2.24, 2.45) is 0 Å². The van der Waals surface area contributed by atoms with Crippen molar-refractivity contribution in [2.45, 2.75) is 6.92 Å². The van der Waals surface area contributed by atoms with Crippen LogP contribution in [0.5, 0.6) is 5.75 Å². The first-order chi connectivity index (χ1) is 13.1. The van der Waals surface area contributed by atoms with Gasteiger partial charge in [-0.1, -0.05) is 18.2 Å². The molecular formula is C20H17N3O4. The Kier molecular flexibility index (Phi) is 4.04. The van der Waals surface area contributed by atoms with Gasteiger partial charge >= 0.3 is 6.16 Å². The topological polar surface area (TPSA) is 110 Å². The molecule has 7 nitrogen and oxygen atoms in total. The molecule has 0 aliphatic rings. The van der Waals surface area contributed by atoms with E-state index in [4.69, 9.17) is 15.2 Å². The molecule has 136 valence electrons. The molecule has 0 saturated carbocycles. The number of nitrogens with one attached hydrogen (secondary N) is 2. The average molecular weight is 363 g/mol. The van der Waals surface area contributed by atoms with E-state index in [1.807, 2.05) is 42.5 Å². The maximum atomic E-state index is 12.3. The monoisotopic (exact) mass is 363 g/mol. The largest absolute Gasteiger partial charge is 0.513 e. The molecule has 0 fully saturated rings. The molecule has 4 N–H and O–H groups in total. The van der Waals surface area contributed by atoms with Gasteiger partial charge in [-0.15, -0.1) is 0 Å². The first kappa shape index (κ1) is 16.7. The van der Waals surface area contributed by atoms with Crippen molar-refractivity contribution >= 4 is 33.6 Å². The summed E-state index contributed by atoms with van der Waals surface area (Å²) in [6.07, 6.45) is 0.660. The molecule has 0 amide bonds. The molecule has 0 atom stereocenters. The van der Waals surface area contributed by atoms with E-state index in [2.05, 4.69) is 9.97 Å². The molecule has 0 aliphatic carbocycles. The third-order valence-corrected chi connectivity index (χ3v) is 4.31. The summed E-state index contributed by atoms with van der Waals surface area (Å²) in [5, 5.41) is 1.28. The molecule has 4 rings (SSSR count). The molecule has 27 heavy (non-hydrogen) atoms. The average Bonchev–Trinajstić information content (AvgIpc) is 3.07. The van der Waals surface area contributed by atoms with Crippen molar-refractivity contribution in [3.63, 3.8) is 0 Å². The third-order valence-electron chi connectivity index (χ3n) is 4.31. The van der Waals surface area contributed by atoms with E-state index >= 15 is 0 Å². The van der Waals surface area contributed by atoms with E-state index in [1.165, 1.54) is 6.20 Å². The molecule has 0 bridgehead atoms. The molecule has 4 aromatic rings. The molecule has 0 aliphatic heterocycles. The number of fused-ring (bicyclic) bond motifs is 3. The zero-order valence-electron chi connectivity index (χ0n) is 14.5. The molecule has 2 aromatic heterocycles. The van der Waals surface area contributed by atoms with Crippen molar-refractivity contribution in [1.29, 1.82) is 0 Å². The summed E-state index contributed by atoms with van der Waals surface area (Å²) in [6.45, 7) is 1.89. The van der Waals surface area contributed by atoms with Crippen LogP contribution in [0.15, 0.2) is 53.5 Å². The van der Waals surface area contributed by atoms with Crippen LogP contribution in [0.25, 0.3) is 32.9 Å². The number of aromatic nitrogens is 2. The number of pyridine rings is 1. The number of carbonyl (C=O) groups is 1. The smallest absolute Gasteiger partial charge is 0.434 e. The molecule has 0 spiro atoms. The summed E-state index contributed by atoms with van der Waals surface area (Å²) < 4.78 is 10.1. The lowest BCUT2D eigenvalue weighted by atomic mass is 10.0. The van der Waals surface area contributed by atoms with Crippen molar-refractivity contribution < 1.29 is 14.3 Å². The number of anilines is 1. The van der Waals surface area contributed by atoms with E-state index in [-0.39, 0.29) is 17.9 Å². The SMILES string of the molecule is CCOC(=O)Oc1c[nH]c2c(=O)[nH]c3ccc(-c4ccc(N)cc4)cc3c12. The van der Waals surface area contributed by atoms with E-state index in [1.54, 1.807) is 6.92 Å². The first-order valence-corrected chi connectivity index (χ1v) is 8.44. The maximum Gasteiger partial charge on any atom is 0.513 e. The van der Waals surface area contributed by atoms with E-state index < -0.39 is 6.16 Å². The Hall–Kier alpha value is -3.74. The van der Waals surface area contributed by atoms with Gasteiger partial charge in [0, 0.05) is 22.8 Å². The minimum atomic E-state index is -0.818. The summed E-state index contributed by atoms with van der Waals surface area (Å²) in [7, 11) is 0. The number of nitrogen functional groups attached to an aromatic ring is 1. The summed E-state index contributed by atoms with van der Waals surface area (Å²) in [5.74, 6) is 0.244. The van der Waals surface area contributed by atoms with Crippen LogP contribution in [0.1, 0.15) is 6.92 Å². The second-order valence-corrected chi connectivity index (χ2v) is 6.02. The first-order valence-electron chi connectivity index (χ1n) is 8.44. The van der Waals surface area contributed by atoms with E-state index in [9.17, 15) is 9.59 Å². The van der Waals surface area contributed by atoms with Crippen LogP contribution < -0.4 is 16.0 Å². The standard InChI is InChI=1S/C20H17N3O4/c1-2-26-20(25)27-16-10-22-18-17(16)14-9-12(5-8-15(14)23-19(18)24)11-3-6-13(21)7-4-11/h3-10,22H,2,21H2,1H3,(H,23,24). The zero-order valence-corrected chi connectivity index (χ0v) is 14.5. The van der Waals surface area contributed by atoms with Gasteiger partial charge in [0.2, 0.25) is 0 Å². The lowest BCUT2D eigenvalue weighted by Crippen LogP contribution is -2.10. The second kappa shape index (κ2) is 6.53. The number of H-pyrrole nitrogens is 2. The summed E-state index contributed by atoms with van der Waals surface area (Å²) in [4.78, 5) is 29.8. The Bertz CT molecular complexity index is 1210. The predicted molar refractivity (Wildman–Crippen MR) is 104 cm³/mol. The number of benzene rings is 2. The highest BCUT2D eigenvalue weighted by atomic mass is 16.7. The van der Waals surface area contributed by atoms with Crippen LogP contribution in [-0.4, -0.2) is 22.7 Å². The summed E-state index contributed by atoms with van der Waals surface area (Å²) in [5.41, 5.74) is 9.04. The lowest BCUT2D eigenvalue weighted by Gasteiger charge is -2.07. The quantitative estimate of drug-likeness (QED) is 0.379. The van der Waals surface area contributed by atoms with Crippen molar-refractivity contribution in [3.05, 3.63) is 59.0 Å². The lowest BCUT2D eigenvalue weighted by molar-refractivity contribution is 0.105. The summed E-state index contributed by atoms with van der Waals surface area (Å²) in [6, 6.07) is 13.2. The van der Waals surface area contributed by atoms with Crippen molar-refractivity contribution in [2.75, 3.05) is 12.3 Å². The van der Waals surface area contributed by atoms with Crippen LogP contribution in [0.3, 0.4) is 0 Å². The number of carbonyl (C=O) groups excluding carboxylic acids is 1. The Morgan fingerprint density at radius 1 is 1.11 bits per heavy atom. The normalized spacial score (nSPS) is 11.0. The van der Waals surface area contributed by atoms with E-state index in [0.29, 0.717) is 22.1 Å². The van der Waals surface area contributed by atoms with Crippen LogP contribution in [0.4, 0.5) is 10.5 Å². The fourth-order valence-corrected chi connectivity index (χ4v) is 3.07. The molecule has 2 aromatic carbocycles. The number of rotatable bonds is 3. The minimum absolute atomic E-state index is 0.198. The van der Waals surface area contributed by atoms with Crippen molar-refractivity contribution in [1.82, 2.24) is 9.97 Å². The number of hydrogen-bond acceptors (Lipinski definition) is 5. The van der Waals surface area contributed by atoms with Gasteiger partial charge in [0.05, 0.1) is 12.0 Å². The maximum absolute atomic E-state index is 12.3. The fraction of sp³-hybridized carbons (Fsp3) is 0.100. The van der Waals surface area contributed by atoms with Crippen LogP contribution in [0, 0.1) is 0 Å². The molecule has 0 radical (unpaired) electrons. The molecule has 0 saturated heterocycles. The van der Waals surface area contributed by atoms with Gasteiger partial charge in [-0.2, -0.15) is 0 Å². The van der Waals surface area contributed by atoms with Gasteiger partial charge < -0.3 is 25.2 Å². The fourth-order valence-electron chi connectivity index (χ4n) is 3.07. The predicted octanol–water partition coefficient (Wildman–Crippen LogP) is 3.79. The van der Waals surface area contributed by atoms with Crippen LogP contribution >= 0.6 is 0 Å². The highest BCUT2D eigenvalue weighted by Crippen LogP contribution is 2.33. The summed E-state index contributed by atoms with van der Waals surface area (Å²) >= 11 is 0. The molecule has 7 heteroatoms. The Morgan fingerprint density at radius 2 is 1.85 bits per heavy atom. The number of hydrogen-bond donors (Lipinski definition) is 3. The zero-order chi connectivity index (χ0) is 19.0. The van der Waals surface area contributed by atoms with Gasteiger partial charge in [-0.25, -0.2) is 4.79 Å². The minimum Gasteiger partial charge on any atom is -0.434 e. The molecule has 0 unspecified atom stereocenters. The van der Waals surface area contributed by atoms with Gasteiger partial charge in [0.1, 0.15) is 5.52 Å². The van der Waals surface area contributed by atoms with Gasteiger partial charge in [0.25, 0.3) is 5.56 Å². The Morgan fingerprint density at radius 3 is 2.59 bits per heavy atom. The van der Waals surface area contributed by atoms with Gasteiger partial charge in [0.15, 0.2) is 5.75 Å². The van der Waals surface area contributed by atoms with E-state index in [0.717, 1.165) is 16.5 Å². The van der Waals surface area contributed by atoms with Gasteiger partial charge in [-0.05, 0) is 42.3 Å². The highest BCUT2D eigenvalue weighted by Gasteiger charge is 2.16. The number of nitrogens with two attached hydrogens (primary N) is 1. The number of ether oxygens (including phenoxy) is 2. The van der Waals surface area contributed by atoms with Crippen LogP contribution in [0.2, 0.25) is 0 Å². The van der Waals surface area contributed by atoms with Crippen molar-refractivity contribution in [3.8, 4) is 16.9 Å². The number of aromatic amines is 2. The van der Waals surface area contributed by atoms with Gasteiger partial charge in [-0.3, -0.25) is 4.79 Å². The Labute approximate surface area is 153 Å². The Balaban J connectivity index is 1.93. The van der Waals surface area contributed by atoms with Crippen LogP contribution in [-0.2, 0) is 4.74 Å². The highest BCUT2D eigenvalue weighted by molar-refractivity contribution is 6.09. The second-order valence-electron chi connectivity index (χ2n) is 6.02.